The summed E-state index contributed by atoms with van der Waals surface area (Å²) in [5, 5.41) is 14.6. The number of nitrogens with zero attached hydrogens (tertiary/aromatic N) is 4. The average Bonchev–Trinajstić information content (AvgIpc) is 2.63. The summed E-state index contributed by atoms with van der Waals surface area (Å²) in [5.41, 5.74) is 9.92. The molecule has 0 aromatic carbocycles. The summed E-state index contributed by atoms with van der Waals surface area (Å²) in [6, 6.07) is 2.03. The van der Waals surface area contributed by atoms with E-state index in [9.17, 15) is 0 Å². The van der Waals surface area contributed by atoms with E-state index in [2.05, 4.69) is 15.3 Å². The summed E-state index contributed by atoms with van der Waals surface area (Å²) in [7, 11) is 1.92. The lowest BCUT2D eigenvalue weighted by atomic mass is 10.1. The molecule has 2 aromatic rings. The normalized spacial score (nSPS) is 10.9. The second-order valence-electron chi connectivity index (χ2n) is 4.25. The average molecular weight is 263 g/mol. The molecule has 0 spiro atoms. The monoisotopic (exact) mass is 263 g/mol. The van der Waals surface area contributed by atoms with Crippen molar-refractivity contribution in [3.05, 3.63) is 28.6 Å². The third-order valence-corrected chi connectivity index (χ3v) is 4.02. The van der Waals surface area contributed by atoms with Gasteiger partial charge in [-0.05, 0) is 44.2 Å². The number of aromatic nitrogens is 4. The first-order valence-corrected chi connectivity index (χ1v) is 6.56. The van der Waals surface area contributed by atoms with Crippen molar-refractivity contribution in [3.63, 3.8) is 0 Å². The first kappa shape index (κ1) is 13.0. The standard InChI is InChI=1S/C12H17N5S/c1-7-5-11(17(4)16-7)18-12-10(6-13)8(2)9(3)14-15-12/h5H,6,13H2,1-4H3. The summed E-state index contributed by atoms with van der Waals surface area (Å²) < 4.78 is 1.84. The van der Waals surface area contributed by atoms with E-state index in [4.69, 9.17) is 5.73 Å². The quantitative estimate of drug-likeness (QED) is 0.913. The molecule has 0 bridgehead atoms. The molecular weight excluding hydrogens is 246 g/mol. The van der Waals surface area contributed by atoms with Crippen LogP contribution in [0.25, 0.3) is 0 Å². The molecule has 0 aliphatic heterocycles. The van der Waals surface area contributed by atoms with Gasteiger partial charge in [0.25, 0.3) is 0 Å². The van der Waals surface area contributed by atoms with Crippen LogP contribution < -0.4 is 5.73 Å². The van der Waals surface area contributed by atoms with Crippen molar-refractivity contribution < 1.29 is 0 Å². The molecule has 2 N–H and O–H groups in total. The summed E-state index contributed by atoms with van der Waals surface area (Å²) in [6.07, 6.45) is 0. The predicted octanol–water partition coefficient (Wildman–Crippen LogP) is 1.75. The maximum absolute atomic E-state index is 5.81. The van der Waals surface area contributed by atoms with Crippen LogP contribution in [0.3, 0.4) is 0 Å². The van der Waals surface area contributed by atoms with E-state index in [1.807, 2.05) is 38.6 Å². The minimum absolute atomic E-state index is 0.474. The van der Waals surface area contributed by atoms with Crippen LogP contribution in [0.1, 0.15) is 22.5 Å². The zero-order valence-electron chi connectivity index (χ0n) is 11.1. The van der Waals surface area contributed by atoms with Crippen molar-refractivity contribution in [3.8, 4) is 0 Å². The fraction of sp³-hybridized carbons (Fsp3) is 0.417. The molecule has 0 atom stereocenters. The van der Waals surface area contributed by atoms with Gasteiger partial charge in [-0.3, -0.25) is 4.68 Å². The smallest absolute Gasteiger partial charge is 0.130 e. The summed E-state index contributed by atoms with van der Waals surface area (Å²) in [5.74, 6) is 0. The first-order chi connectivity index (χ1) is 8.52. The molecule has 0 radical (unpaired) electrons. The van der Waals surface area contributed by atoms with Crippen molar-refractivity contribution >= 4 is 11.8 Å². The zero-order valence-corrected chi connectivity index (χ0v) is 11.9. The van der Waals surface area contributed by atoms with Gasteiger partial charge in [-0.1, -0.05) is 0 Å². The summed E-state index contributed by atoms with van der Waals surface area (Å²) in [6.45, 7) is 6.43. The Morgan fingerprint density at radius 3 is 2.56 bits per heavy atom. The van der Waals surface area contributed by atoms with Crippen LogP contribution in [0, 0.1) is 20.8 Å². The fourth-order valence-corrected chi connectivity index (χ4v) is 2.78. The van der Waals surface area contributed by atoms with Crippen molar-refractivity contribution in [2.24, 2.45) is 12.8 Å². The van der Waals surface area contributed by atoms with Gasteiger partial charge in [-0.2, -0.15) is 10.2 Å². The molecule has 6 heteroatoms. The van der Waals surface area contributed by atoms with Gasteiger partial charge in [0.05, 0.1) is 11.4 Å². The van der Waals surface area contributed by atoms with E-state index in [0.717, 1.165) is 32.6 Å². The molecule has 0 unspecified atom stereocenters. The third kappa shape index (κ3) is 2.39. The Labute approximate surface area is 111 Å². The maximum Gasteiger partial charge on any atom is 0.130 e. The summed E-state index contributed by atoms with van der Waals surface area (Å²) >= 11 is 1.56. The molecule has 0 amide bonds. The maximum atomic E-state index is 5.81. The molecule has 0 saturated carbocycles. The van der Waals surface area contributed by atoms with Gasteiger partial charge < -0.3 is 5.73 Å². The van der Waals surface area contributed by atoms with Crippen LogP contribution in [-0.4, -0.2) is 20.0 Å². The molecule has 0 aliphatic rings. The Bertz CT molecular complexity index is 576. The molecule has 18 heavy (non-hydrogen) atoms. The number of rotatable bonds is 3. The molecule has 0 aliphatic carbocycles. The number of hydrogen-bond acceptors (Lipinski definition) is 5. The minimum atomic E-state index is 0.474. The van der Waals surface area contributed by atoms with Crippen LogP contribution in [0.2, 0.25) is 0 Å². The van der Waals surface area contributed by atoms with Crippen LogP contribution in [0.15, 0.2) is 16.1 Å². The van der Waals surface area contributed by atoms with E-state index >= 15 is 0 Å². The molecule has 96 valence electrons. The zero-order chi connectivity index (χ0) is 13.3. The third-order valence-electron chi connectivity index (χ3n) is 2.91. The number of hydrogen-bond donors (Lipinski definition) is 1. The minimum Gasteiger partial charge on any atom is -0.326 e. The Morgan fingerprint density at radius 2 is 2.00 bits per heavy atom. The van der Waals surface area contributed by atoms with E-state index in [-0.39, 0.29) is 0 Å². The molecule has 0 saturated heterocycles. The van der Waals surface area contributed by atoms with E-state index in [1.54, 1.807) is 11.8 Å². The van der Waals surface area contributed by atoms with Crippen LogP contribution in [0.4, 0.5) is 0 Å². The largest absolute Gasteiger partial charge is 0.326 e. The topological polar surface area (TPSA) is 69.6 Å². The van der Waals surface area contributed by atoms with Crippen LogP contribution >= 0.6 is 11.8 Å². The van der Waals surface area contributed by atoms with E-state index < -0.39 is 0 Å². The fourth-order valence-electron chi connectivity index (χ4n) is 1.74. The second-order valence-corrected chi connectivity index (χ2v) is 5.26. The Hall–Kier alpha value is -1.40. The van der Waals surface area contributed by atoms with Gasteiger partial charge >= 0.3 is 0 Å². The van der Waals surface area contributed by atoms with Crippen molar-refractivity contribution in [2.75, 3.05) is 0 Å². The SMILES string of the molecule is Cc1cc(Sc2nnc(C)c(C)c2CN)n(C)n1. The lowest BCUT2D eigenvalue weighted by molar-refractivity contribution is 0.690. The highest BCUT2D eigenvalue weighted by atomic mass is 32.2. The van der Waals surface area contributed by atoms with Gasteiger partial charge in [0.15, 0.2) is 0 Å². The Balaban J connectivity index is 2.40. The molecule has 0 fully saturated rings. The van der Waals surface area contributed by atoms with Crippen molar-refractivity contribution in [1.82, 2.24) is 20.0 Å². The molecule has 2 rings (SSSR count). The second kappa shape index (κ2) is 5.07. The molecule has 5 nitrogen and oxygen atoms in total. The van der Waals surface area contributed by atoms with Crippen molar-refractivity contribution in [2.45, 2.75) is 37.4 Å². The van der Waals surface area contributed by atoms with E-state index in [0.29, 0.717) is 6.54 Å². The highest BCUT2D eigenvalue weighted by molar-refractivity contribution is 7.99. The van der Waals surface area contributed by atoms with Gasteiger partial charge in [-0.15, -0.1) is 5.10 Å². The van der Waals surface area contributed by atoms with Crippen LogP contribution in [-0.2, 0) is 13.6 Å². The van der Waals surface area contributed by atoms with Crippen molar-refractivity contribution in [1.29, 1.82) is 0 Å². The molecular formula is C12H17N5S. The van der Waals surface area contributed by atoms with Gasteiger partial charge in [0, 0.05) is 19.2 Å². The number of aryl methyl sites for hydroxylation is 3. The Kier molecular flexibility index (Phi) is 3.68. The van der Waals surface area contributed by atoms with Gasteiger partial charge in [0.2, 0.25) is 0 Å². The highest BCUT2D eigenvalue weighted by Crippen LogP contribution is 2.30. The van der Waals surface area contributed by atoms with Crippen LogP contribution in [0.5, 0.6) is 0 Å². The van der Waals surface area contributed by atoms with E-state index in [1.165, 1.54) is 0 Å². The van der Waals surface area contributed by atoms with Gasteiger partial charge in [0.1, 0.15) is 10.1 Å². The lowest BCUT2D eigenvalue weighted by Gasteiger charge is -2.10. The highest BCUT2D eigenvalue weighted by Gasteiger charge is 2.13. The molecule has 2 aromatic heterocycles. The number of nitrogens with two attached hydrogens (primary N) is 1. The predicted molar refractivity (Wildman–Crippen MR) is 71.5 cm³/mol. The summed E-state index contributed by atoms with van der Waals surface area (Å²) in [4.78, 5) is 0. The molecule has 2 heterocycles. The van der Waals surface area contributed by atoms with Gasteiger partial charge in [-0.25, -0.2) is 0 Å². The first-order valence-electron chi connectivity index (χ1n) is 5.74. The lowest BCUT2D eigenvalue weighted by Crippen LogP contribution is -2.07. The Morgan fingerprint density at radius 1 is 1.28 bits per heavy atom.